The Hall–Kier alpha value is -1.97. The standard InChI is InChI=1S/C11H12F4N4O2/c1-6-2-3-16-18(6)5-8(20)19-11(21,10(14)15)4-7(17-19)9(12)13/h2-3,9-10,21H,4-5H2,1H3. The van der Waals surface area contributed by atoms with Crippen molar-refractivity contribution < 1.29 is 27.5 Å². The molecule has 0 saturated heterocycles. The number of hydrogen-bond acceptors (Lipinski definition) is 4. The highest BCUT2D eigenvalue weighted by Gasteiger charge is 2.53. The molecule has 0 radical (unpaired) electrons. The number of nitrogens with zero attached hydrogens (tertiary/aromatic N) is 4. The van der Waals surface area contributed by atoms with Gasteiger partial charge < -0.3 is 5.11 Å². The number of halogens is 4. The van der Waals surface area contributed by atoms with Crippen LogP contribution in [-0.2, 0) is 11.3 Å². The van der Waals surface area contributed by atoms with Crippen molar-refractivity contribution in [3.05, 3.63) is 18.0 Å². The zero-order valence-electron chi connectivity index (χ0n) is 10.9. The van der Waals surface area contributed by atoms with E-state index in [1.165, 1.54) is 10.9 Å². The largest absolute Gasteiger partial charge is 0.364 e. The molecular weight excluding hydrogens is 296 g/mol. The maximum atomic E-state index is 12.9. The van der Waals surface area contributed by atoms with Crippen LogP contribution in [0.4, 0.5) is 17.6 Å². The van der Waals surface area contributed by atoms with Gasteiger partial charge in [0.15, 0.2) is 0 Å². The number of amides is 1. The Morgan fingerprint density at radius 1 is 1.48 bits per heavy atom. The van der Waals surface area contributed by atoms with Crippen LogP contribution in [-0.4, -0.2) is 50.1 Å². The summed E-state index contributed by atoms with van der Waals surface area (Å²) in [6, 6.07) is 1.57. The molecule has 2 heterocycles. The van der Waals surface area contributed by atoms with Crippen LogP contribution in [0.5, 0.6) is 0 Å². The van der Waals surface area contributed by atoms with Gasteiger partial charge in [-0.05, 0) is 13.0 Å². The molecule has 21 heavy (non-hydrogen) atoms. The first kappa shape index (κ1) is 15.4. The van der Waals surface area contributed by atoms with Gasteiger partial charge in [0, 0.05) is 18.3 Å². The minimum absolute atomic E-state index is 0.0281. The van der Waals surface area contributed by atoms with Gasteiger partial charge >= 0.3 is 0 Å². The monoisotopic (exact) mass is 308 g/mol. The van der Waals surface area contributed by atoms with Gasteiger partial charge in [-0.2, -0.15) is 15.2 Å². The number of aromatic nitrogens is 2. The van der Waals surface area contributed by atoms with Gasteiger partial charge in [-0.3, -0.25) is 9.48 Å². The molecular formula is C11H12F4N4O2. The summed E-state index contributed by atoms with van der Waals surface area (Å²) in [5.41, 5.74) is -3.44. The molecule has 1 amide bonds. The Morgan fingerprint density at radius 2 is 2.14 bits per heavy atom. The van der Waals surface area contributed by atoms with E-state index in [2.05, 4.69) is 10.2 Å². The summed E-state index contributed by atoms with van der Waals surface area (Å²) in [4.78, 5) is 12.0. The molecule has 1 N–H and O–H groups in total. The number of rotatable bonds is 4. The van der Waals surface area contributed by atoms with Crippen molar-refractivity contribution >= 4 is 11.6 Å². The minimum atomic E-state index is -3.43. The van der Waals surface area contributed by atoms with Gasteiger partial charge in [0.2, 0.25) is 5.72 Å². The van der Waals surface area contributed by atoms with Crippen molar-refractivity contribution in [1.29, 1.82) is 0 Å². The summed E-state index contributed by atoms with van der Waals surface area (Å²) in [7, 11) is 0. The molecule has 116 valence electrons. The van der Waals surface area contributed by atoms with E-state index in [0.717, 1.165) is 0 Å². The van der Waals surface area contributed by atoms with E-state index < -0.39 is 43.2 Å². The molecule has 2 rings (SSSR count). The molecule has 1 aromatic heterocycles. The molecule has 0 aliphatic carbocycles. The zero-order valence-corrected chi connectivity index (χ0v) is 10.9. The topological polar surface area (TPSA) is 70.7 Å². The third-order valence-corrected chi connectivity index (χ3v) is 3.09. The summed E-state index contributed by atoms with van der Waals surface area (Å²) in [5.74, 6) is -1.06. The van der Waals surface area contributed by atoms with Crippen LogP contribution in [0.25, 0.3) is 0 Å². The fraction of sp³-hybridized carbons (Fsp3) is 0.545. The number of aryl methyl sites for hydroxylation is 1. The Kier molecular flexibility index (Phi) is 3.99. The highest BCUT2D eigenvalue weighted by atomic mass is 19.3. The quantitative estimate of drug-likeness (QED) is 0.844. The van der Waals surface area contributed by atoms with Crippen molar-refractivity contribution in [2.75, 3.05) is 0 Å². The molecule has 1 unspecified atom stereocenters. The van der Waals surface area contributed by atoms with E-state index >= 15 is 0 Å². The zero-order chi connectivity index (χ0) is 15.8. The lowest BCUT2D eigenvalue weighted by molar-refractivity contribution is -0.192. The molecule has 0 bridgehead atoms. The van der Waals surface area contributed by atoms with Crippen molar-refractivity contribution in [3.63, 3.8) is 0 Å². The van der Waals surface area contributed by atoms with Crippen molar-refractivity contribution in [2.45, 2.75) is 38.5 Å². The molecule has 0 fully saturated rings. The van der Waals surface area contributed by atoms with Crippen LogP contribution in [0.3, 0.4) is 0 Å². The second-order valence-electron chi connectivity index (χ2n) is 4.58. The van der Waals surface area contributed by atoms with Crippen LogP contribution in [0.15, 0.2) is 17.4 Å². The summed E-state index contributed by atoms with van der Waals surface area (Å²) in [6.45, 7) is 1.13. The van der Waals surface area contributed by atoms with Gasteiger partial charge in [0.25, 0.3) is 18.8 Å². The van der Waals surface area contributed by atoms with Crippen LogP contribution in [0.2, 0.25) is 0 Å². The van der Waals surface area contributed by atoms with Gasteiger partial charge in [-0.15, -0.1) is 0 Å². The van der Waals surface area contributed by atoms with E-state index in [9.17, 15) is 27.5 Å². The molecule has 1 aliphatic heterocycles. The molecule has 1 aromatic rings. The van der Waals surface area contributed by atoms with Crippen molar-refractivity contribution in [1.82, 2.24) is 14.8 Å². The SMILES string of the molecule is Cc1ccnn1CC(=O)N1N=C(C(F)F)CC1(O)C(F)F. The van der Waals surface area contributed by atoms with Crippen molar-refractivity contribution in [3.8, 4) is 0 Å². The highest BCUT2D eigenvalue weighted by Crippen LogP contribution is 2.33. The molecule has 1 aliphatic rings. The van der Waals surface area contributed by atoms with E-state index in [0.29, 0.717) is 5.69 Å². The number of alkyl halides is 4. The Labute approximate surface area is 116 Å². The van der Waals surface area contributed by atoms with Crippen LogP contribution in [0.1, 0.15) is 12.1 Å². The summed E-state index contributed by atoms with van der Waals surface area (Å²) in [6.07, 6.45) is -6.26. The summed E-state index contributed by atoms with van der Waals surface area (Å²) >= 11 is 0. The summed E-state index contributed by atoms with van der Waals surface area (Å²) in [5, 5.41) is 16.8. The number of aliphatic hydroxyl groups is 1. The van der Waals surface area contributed by atoms with Gasteiger partial charge in [-0.25, -0.2) is 17.6 Å². The summed E-state index contributed by atoms with van der Waals surface area (Å²) < 4.78 is 52.2. The van der Waals surface area contributed by atoms with E-state index in [4.69, 9.17) is 0 Å². The predicted molar refractivity (Wildman–Crippen MR) is 62.8 cm³/mol. The average molecular weight is 308 g/mol. The molecule has 0 saturated carbocycles. The van der Waals surface area contributed by atoms with Crippen LogP contribution in [0, 0.1) is 6.92 Å². The lowest BCUT2D eigenvalue weighted by Crippen LogP contribution is -2.52. The molecule has 1 atom stereocenters. The normalized spacial score (nSPS) is 22.3. The van der Waals surface area contributed by atoms with Gasteiger partial charge in [-0.1, -0.05) is 0 Å². The Bertz CT molecular complexity index is 574. The molecule has 0 aromatic carbocycles. The maximum Gasteiger partial charge on any atom is 0.287 e. The fourth-order valence-corrected chi connectivity index (χ4v) is 1.91. The first-order valence-electron chi connectivity index (χ1n) is 5.93. The van der Waals surface area contributed by atoms with E-state index in [1.54, 1.807) is 13.0 Å². The molecule has 6 nitrogen and oxygen atoms in total. The second-order valence-corrected chi connectivity index (χ2v) is 4.58. The van der Waals surface area contributed by atoms with Gasteiger partial charge in [0.05, 0.1) is 0 Å². The first-order chi connectivity index (χ1) is 9.75. The molecule has 10 heteroatoms. The Morgan fingerprint density at radius 3 is 2.62 bits per heavy atom. The van der Waals surface area contributed by atoms with Crippen LogP contribution < -0.4 is 0 Å². The number of carbonyl (C=O) groups is 1. The third kappa shape index (κ3) is 2.75. The maximum absolute atomic E-state index is 12.9. The minimum Gasteiger partial charge on any atom is -0.364 e. The van der Waals surface area contributed by atoms with Crippen LogP contribution >= 0.6 is 0 Å². The average Bonchev–Trinajstić information content (AvgIpc) is 2.95. The van der Waals surface area contributed by atoms with Gasteiger partial charge in [0.1, 0.15) is 12.3 Å². The second kappa shape index (κ2) is 5.43. The molecule has 0 spiro atoms. The number of hydrogen-bond donors (Lipinski definition) is 1. The lowest BCUT2D eigenvalue weighted by Gasteiger charge is -2.30. The Balaban J connectivity index is 2.25. The van der Waals surface area contributed by atoms with E-state index in [-0.39, 0.29) is 5.01 Å². The number of carbonyl (C=O) groups excluding carboxylic acids is 1. The predicted octanol–water partition coefficient (Wildman–Crippen LogP) is 0.999. The number of hydrazone groups is 1. The smallest absolute Gasteiger partial charge is 0.287 e. The van der Waals surface area contributed by atoms with E-state index in [1.807, 2.05) is 0 Å². The third-order valence-electron chi connectivity index (χ3n) is 3.09. The van der Waals surface area contributed by atoms with Crippen molar-refractivity contribution in [2.24, 2.45) is 5.10 Å². The lowest BCUT2D eigenvalue weighted by atomic mass is 10.1. The highest BCUT2D eigenvalue weighted by molar-refractivity contribution is 5.92. The fourth-order valence-electron chi connectivity index (χ4n) is 1.91. The first-order valence-corrected chi connectivity index (χ1v) is 5.93.